The van der Waals surface area contributed by atoms with Gasteiger partial charge in [0.1, 0.15) is 24.4 Å². The number of imide groups is 1. The van der Waals surface area contributed by atoms with Crippen molar-refractivity contribution >= 4 is 22.6 Å². The van der Waals surface area contributed by atoms with Crippen molar-refractivity contribution in [3.63, 3.8) is 0 Å². The highest BCUT2D eigenvalue weighted by Gasteiger charge is 2.57. The molecular formula is C28H25NO7S. The van der Waals surface area contributed by atoms with Gasteiger partial charge in [0.25, 0.3) is 11.8 Å². The summed E-state index contributed by atoms with van der Waals surface area (Å²) in [6, 6.07) is 21.6. The van der Waals surface area contributed by atoms with Crippen LogP contribution in [-0.4, -0.2) is 62.4 Å². The lowest BCUT2D eigenvalue weighted by Crippen LogP contribution is -2.67. The highest BCUT2D eigenvalue weighted by atomic mass is 32.2. The van der Waals surface area contributed by atoms with Crippen LogP contribution in [0.15, 0.2) is 83.8 Å². The summed E-state index contributed by atoms with van der Waals surface area (Å²) < 4.78 is 32.1. The molecule has 8 nitrogen and oxygen atoms in total. The van der Waals surface area contributed by atoms with Crippen LogP contribution in [0.25, 0.3) is 0 Å². The topological polar surface area (TPSA) is 102 Å². The Bertz CT molecular complexity index is 1330. The van der Waals surface area contributed by atoms with E-state index in [2.05, 4.69) is 0 Å². The standard InChI is InChI=1S/C28H25NO7S/c1-16-11-13-18(14-12-16)37(33)28-22(29-25(31)19-9-5-6-10-20(19)26(29)32)23(30)24-21(35-28)15-34-27(36-24)17-7-3-2-4-8-17/h2-14,21-24,27-28,30H,15H2,1H3/t21-,22-,23-,24-,27-,28+,37?/m1/s1. The number of carbonyl (C=O) groups is 2. The summed E-state index contributed by atoms with van der Waals surface area (Å²) in [5.74, 6) is -1.13. The van der Waals surface area contributed by atoms with Gasteiger partial charge in [-0.25, -0.2) is 0 Å². The molecular weight excluding hydrogens is 494 g/mol. The molecule has 6 rings (SSSR count). The number of ether oxygens (including phenoxy) is 3. The van der Waals surface area contributed by atoms with E-state index in [-0.39, 0.29) is 17.7 Å². The summed E-state index contributed by atoms with van der Waals surface area (Å²) in [4.78, 5) is 28.3. The van der Waals surface area contributed by atoms with Gasteiger partial charge in [0, 0.05) is 10.5 Å². The summed E-state index contributed by atoms with van der Waals surface area (Å²) in [5.41, 5.74) is 1.02. The molecule has 3 heterocycles. The number of rotatable bonds is 4. The highest BCUT2D eigenvalue weighted by molar-refractivity contribution is 7.85. The lowest BCUT2D eigenvalue weighted by Gasteiger charge is -2.49. The molecule has 3 aliphatic rings. The summed E-state index contributed by atoms with van der Waals surface area (Å²) in [6.45, 7) is 2.00. The van der Waals surface area contributed by atoms with Gasteiger partial charge in [-0.1, -0.05) is 60.2 Å². The Morgan fingerprint density at radius 2 is 1.49 bits per heavy atom. The fourth-order valence-electron chi connectivity index (χ4n) is 5.09. The summed E-state index contributed by atoms with van der Waals surface area (Å²) in [6.07, 6.45) is -3.79. The number of aliphatic hydroxyl groups is 1. The Labute approximate surface area is 216 Å². The first kappa shape index (κ1) is 24.1. The van der Waals surface area contributed by atoms with Crippen LogP contribution in [0, 0.1) is 6.92 Å². The van der Waals surface area contributed by atoms with Crippen molar-refractivity contribution in [2.75, 3.05) is 6.61 Å². The molecule has 3 aromatic carbocycles. The van der Waals surface area contributed by atoms with Gasteiger partial charge in [-0.3, -0.25) is 18.7 Å². The molecule has 0 aromatic heterocycles. The minimum absolute atomic E-state index is 0.0811. The van der Waals surface area contributed by atoms with Crippen LogP contribution in [0.1, 0.15) is 38.1 Å². The number of benzene rings is 3. The largest absolute Gasteiger partial charge is 0.388 e. The predicted octanol–water partition coefficient (Wildman–Crippen LogP) is 2.97. The van der Waals surface area contributed by atoms with Gasteiger partial charge in [-0.2, -0.15) is 0 Å². The number of aliphatic hydroxyl groups excluding tert-OH is 1. The molecule has 9 heteroatoms. The van der Waals surface area contributed by atoms with Crippen LogP contribution in [0.4, 0.5) is 0 Å². The quantitative estimate of drug-likeness (QED) is 0.529. The van der Waals surface area contributed by atoms with Gasteiger partial charge in [-0.15, -0.1) is 0 Å². The smallest absolute Gasteiger partial charge is 0.262 e. The zero-order valence-electron chi connectivity index (χ0n) is 19.9. The Hall–Kier alpha value is -3.21. The van der Waals surface area contributed by atoms with Crippen LogP contribution >= 0.6 is 0 Å². The van der Waals surface area contributed by atoms with E-state index in [9.17, 15) is 18.9 Å². The molecule has 0 spiro atoms. The van der Waals surface area contributed by atoms with E-state index >= 15 is 0 Å². The van der Waals surface area contributed by atoms with Crippen LogP contribution in [0.5, 0.6) is 0 Å². The Balaban J connectivity index is 1.38. The second-order valence-electron chi connectivity index (χ2n) is 9.34. The summed E-state index contributed by atoms with van der Waals surface area (Å²) >= 11 is 0. The number of hydrogen-bond donors (Lipinski definition) is 1. The lowest BCUT2D eigenvalue weighted by molar-refractivity contribution is -0.310. The molecule has 0 radical (unpaired) electrons. The zero-order chi connectivity index (χ0) is 25.7. The minimum Gasteiger partial charge on any atom is -0.388 e. The van der Waals surface area contributed by atoms with Crippen molar-refractivity contribution in [3.05, 3.63) is 101 Å². The van der Waals surface area contributed by atoms with Crippen molar-refractivity contribution < 1.29 is 33.1 Å². The second-order valence-corrected chi connectivity index (χ2v) is 10.9. The SMILES string of the molecule is Cc1ccc(S(=O)[C@@H]2O[C@@H]3CO[C@@H](c4ccccc4)O[C@H]3[C@H](O)[C@H]2N2C(=O)c3ccccc3C2=O)cc1. The third-order valence-corrected chi connectivity index (χ3v) is 8.54. The van der Waals surface area contributed by atoms with Gasteiger partial charge in [-0.05, 0) is 31.2 Å². The number of fused-ring (bicyclic) bond motifs is 2. The molecule has 0 saturated carbocycles. The van der Waals surface area contributed by atoms with Crippen LogP contribution < -0.4 is 0 Å². The monoisotopic (exact) mass is 519 g/mol. The van der Waals surface area contributed by atoms with Crippen molar-refractivity contribution in [2.24, 2.45) is 0 Å². The normalized spacial score (nSPS) is 30.1. The highest BCUT2D eigenvalue weighted by Crippen LogP contribution is 2.39. The second kappa shape index (κ2) is 9.59. The molecule has 190 valence electrons. The van der Waals surface area contributed by atoms with E-state index in [0.29, 0.717) is 4.90 Å². The summed E-state index contributed by atoms with van der Waals surface area (Å²) in [7, 11) is -1.82. The number of carbonyl (C=O) groups excluding carboxylic acids is 2. The molecule has 3 aliphatic heterocycles. The third-order valence-electron chi connectivity index (χ3n) is 6.99. The fourth-order valence-corrected chi connectivity index (χ4v) is 6.55. The number of hydrogen-bond acceptors (Lipinski definition) is 7. The third kappa shape index (κ3) is 4.13. The number of nitrogens with zero attached hydrogens (tertiary/aromatic N) is 1. The predicted molar refractivity (Wildman–Crippen MR) is 133 cm³/mol. The first-order chi connectivity index (χ1) is 17.9. The van der Waals surface area contributed by atoms with Gasteiger partial charge < -0.3 is 19.3 Å². The maximum absolute atomic E-state index is 13.8. The van der Waals surface area contributed by atoms with E-state index in [1.54, 1.807) is 36.4 Å². The molecule has 3 aromatic rings. The molecule has 37 heavy (non-hydrogen) atoms. The number of aryl methyl sites for hydroxylation is 1. The van der Waals surface area contributed by atoms with Crippen molar-refractivity contribution in [1.82, 2.24) is 4.90 Å². The maximum Gasteiger partial charge on any atom is 0.262 e. The Kier molecular flexibility index (Phi) is 6.26. The fraction of sp³-hybridized carbons (Fsp3) is 0.286. The van der Waals surface area contributed by atoms with Crippen LogP contribution in [0.3, 0.4) is 0 Å². The van der Waals surface area contributed by atoms with Crippen molar-refractivity contribution in [3.8, 4) is 0 Å². The number of amides is 2. The maximum atomic E-state index is 13.8. The van der Waals surface area contributed by atoms with E-state index in [1.807, 2.05) is 49.4 Å². The van der Waals surface area contributed by atoms with Crippen molar-refractivity contribution in [1.29, 1.82) is 0 Å². The lowest BCUT2D eigenvalue weighted by atomic mass is 9.95. The van der Waals surface area contributed by atoms with Gasteiger partial charge in [0.05, 0.1) is 28.5 Å². The molecule has 1 unspecified atom stereocenters. The van der Waals surface area contributed by atoms with E-state index in [1.165, 1.54) is 0 Å². The van der Waals surface area contributed by atoms with E-state index < -0.39 is 58.7 Å². The summed E-state index contributed by atoms with van der Waals surface area (Å²) in [5, 5.41) is 11.7. The van der Waals surface area contributed by atoms with E-state index in [0.717, 1.165) is 16.0 Å². The minimum atomic E-state index is -1.82. The average Bonchev–Trinajstić information content (AvgIpc) is 3.18. The molecule has 0 bridgehead atoms. The zero-order valence-corrected chi connectivity index (χ0v) is 20.7. The van der Waals surface area contributed by atoms with Crippen molar-refractivity contribution in [2.45, 2.75) is 47.9 Å². The van der Waals surface area contributed by atoms with Gasteiger partial charge >= 0.3 is 0 Å². The molecule has 0 aliphatic carbocycles. The van der Waals surface area contributed by atoms with Crippen LogP contribution in [-0.2, 0) is 25.0 Å². The first-order valence-electron chi connectivity index (χ1n) is 12.0. The van der Waals surface area contributed by atoms with Crippen LogP contribution in [0.2, 0.25) is 0 Å². The molecule has 2 fully saturated rings. The Morgan fingerprint density at radius 1 is 0.865 bits per heavy atom. The average molecular weight is 520 g/mol. The van der Waals surface area contributed by atoms with Gasteiger partial charge in [0.2, 0.25) is 0 Å². The molecule has 2 amide bonds. The van der Waals surface area contributed by atoms with E-state index in [4.69, 9.17) is 14.2 Å². The Morgan fingerprint density at radius 3 is 2.14 bits per heavy atom. The first-order valence-corrected chi connectivity index (χ1v) is 13.2. The molecule has 7 atom stereocenters. The van der Waals surface area contributed by atoms with Gasteiger partial charge in [0.15, 0.2) is 11.7 Å². The molecule has 1 N–H and O–H groups in total. The molecule has 2 saturated heterocycles.